The second-order valence-electron chi connectivity index (χ2n) is 4.70. The number of aryl methyl sites for hydroxylation is 1. The van der Waals surface area contributed by atoms with Gasteiger partial charge in [0.2, 0.25) is 0 Å². The zero-order chi connectivity index (χ0) is 14.5. The van der Waals surface area contributed by atoms with Gasteiger partial charge in [0.25, 0.3) is 0 Å². The summed E-state index contributed by atoms with van der Waals surface area (Å²) in [7, 11) is 0. The van der Waals surface area contributed by atoms with Gasteiger partial charge in [0.1, 0.15) is 6.61 Å². The number of carboxylic acids is 1. The van der Waals surface area contributed by atoms with E-state index in [1.165, 1.54) is 6.08 Å². The molecule has 1 aliphatic carbocycles. The Morgan fingerprint density at radius 3 is 3.00 bits per heavy atom. The number of benzene rings is 1. The average molecular weight is 275 g/mol. The Balaban J connectivity index is 2.14. The fourth-order valence-corrected chi connectivity index (χ4v) is 2.42. The molecule has 1 atom stereocenters. The number of carbonyl (C=O) groups excluding carboxylic acids is 1. The van der Waals surface area contributed by atoms with E-state index in [9.17, 15) is 9.59 Å². The zero-order valence-electron chi connectivity index (χ0n) is 11.1. The molecular weight excluding hydrogens is 258 g/mol. The number of nitrogens with one attached hydrogen (secondary N) is 1. The molecule has 1 unspecified atom stereocenters. The topological polar surface area (TPSA) is 75.6 Å². The Hall–Kier alpha value is -2.30. The van der Waals surface area contributed by atoms with E-state index in [1.807, 2.05) is 0 Å². The summed E-state index contributed by atoms with van der Waals surface area (Å²) in [6, 6.07) is 4.90. The minimum Gasteiger partial charge on any atom is -0.478 e. The lowest BCUT2D eigenvalue weighted by Crippen LogP contribution is -2.31. The van der Waals surface area contributed by atoms with Gasteiger partial charge in [0.05, 0.1) is 11.6 Å². The lowest BCUT2D eigenvalue weighted by molar-refractivity contribution is 0.0696. The zero-order valence-corrected chi connectivity index (χ0v) is 11.1. The van der Waals surface area contributed by atoms with Crippen LogP contribution in [0.3, 0.4) is 0 Å². The van der Waals surface area contributed by atoms with Crippen molar-refractivity contribution in [3.05, 3.63) is 47.5 Å². The maximum Gasteiger partial charge on any atom is 0.407 e. The van der Waals surface area contributed by atoms with Gasteiger partial charge in [-0.15, -0.1) is 0 Å². The first kappa shape index (κ1) is 14.1. The molecule has 1 aromatic carbocycles. The lowest BCUT2D eigenvalue weighted by Gasteiger charge is -2.26. The summed E-state index contributed by atoms with van der Waals surface area (Å²) in [4.78, 5) is 22.5. The summed E-state index contributed by atoms with van der Waals surface area (Å²) in [5, 5.41) is 11.8. The summed E-state index contributed by atoms with van der Waals surface area (Å²) < 4.78 is 4.91. The average Bonchev–Trinajstić information content (AvgIpc) is 2.44. The van der Waals surface area contributed by atoms with Crippen LogP contribution in [0.25, 0.3) is 0 Å². The van der Waals surface area contributed by atoms with Crippen molar-refractivity contribution in [1.29, 1.82) is 0 Å². The van der Waals surface area contributed by atoms with Crippen molar-refractivity contribution in [1.82, 2.24) is 5.32 Å². The molecular formula is C15H17NO4. The van der Waals surface area contributed by atoms with E-state index in [4.69, 9.17) is 9.84 Å². The minimum atomic E-state index is -0.937. The third kappa shape index (κ3) is 3.17. The van der Waals surface area contributed by atoms with E-state index in [1.54, 1.807) is 18.2 Å². The van der Waals surface area contributed by atoms with Crippen LogP contribution >= 0.6 is 0 Å². The molecule has 0 spiro atoms. The molecule has 5 heteroatoms. The molecule has 0 aromatic heterocycles. The van der Waals surface area contributed by atoms with Gasteiger partial charge in [0.15, 0.2) is 0 Å². The Labute approximate surface area is 117 Å². The van der Waals surface area contributed by atoms with Gasteiger partial charge in [0, 0.05) is 0 Å². The van der Waals surface area contributed by atoms with Crippen molar-refractivity contribution in [2.45, 2.75) is 25.3 Å². The smallest absolute Gasteiger partial charge is 0.407 e. The number of hydrogen-bond donors (Lipinski definition) is 2. The van der Waals surface area contributed by atoms with Crippen molar-refractivity contribution < 1.29 is 19.4 Å². The van der Waals surface area contributed by atoms with Crippen LogP contribution in [0.5, 0.6) is 0 Å². The van der Waals surface area contributed by atoms with Gasteiger partial charge in [-0.2, -0.15) is 0 Å². The van der Waals surface area contributed by atoms with Crippen LogP contribution in [-0.2, 0) is 11.2 Å². The fraction of sp³-hybridized carbons (Fsp3) is 0.333. The normalized spacial score (nSPS) is 16.9. The van der Waals surface area contributed by atoms with Crippen LogP contribution in [-0.4, -0.2) is 23.8 Å². The molecule has 2 N–H and O–H groups in total. The molecule has 0 bridgehead atoms. The second kappa shape index (κ2) is 6.23. The Kier molecular flexibility index (Phi) is 4.40. The van der Waals surface area contributed by atoms with Crippen LogP contribution < -0.4 is 5.32 Å². The number of fused-ring (bicyclic) bond motifs is 1. The summed E-state index contributed by atoms with van der Waals surface area (Å²) in [6.07, 6.45) is 3.58. The molecule has 0 aliphatic heterocycles. The van der Waals surface area contributed by atoms with Gasteiger partial charge in [-0.3, -0.25) is 0 Å². The number of alkyl carbamates (subject to hydrolysis) is 1. The highest BCUT2D eigenvalue weighted by atomic mass is 16.5. The number of amides is 1. The predicted octanol–water partition coefficient (Wildman–Crippen LogP) is 2.67. The van der Waals surface area contributed by atoms with E-state index in [2.05, 4.69) is 11.9 Å². The molecule has 2 rings (SSSR count). The number of rotatable bonds is 4. The van der Waals surface area contributed by atoms with Crippen LogP contribution in [0.1, 0.15) is 40.4 Å². The van der Waals surface area contributed by atoms with Crippen molar-refractivity contribution >= 4 is 12.1 Å². The first-order chi connectivity index (χ1) is 9.61. The van der Waals surface area contributed by atoms with Crippen LogP contribution in [0.4, 0.5) is 4.79 Å². The molecule has 1 amide bonds. The van der Waals surface area contributed by atoms with E-state index in [0.29, 0.717) is 0 Å². The fourth-order valence-electron chi connectivity index (χ4n) is 2.42. The molecule has 1 aromatic rings. The summed E-state index contributed by atoms with van der Waals surface area (Å²) in [6.45, 7) is 3.65. The first-order valence-electron chi connectivity index (χ1n) is 6.52. The SMILES string of the molecule is C=CCOC(=O)NC1CCCc2cc(C(=O)O)ccc21. The Morgan fingerprint density at radius 1 is 1.50 bits per heavy atom. The highest BCUT2D eigenvalue weighted by Gasteiger charge is 2.23. The van der Waals surface area contributed by atoms with Gasteiger partial charge >= 0.3 is 12.1 Å². The Bertz CT molecular complexity index is 539. The van der Waals surface area contributed by atoms with Gasteiger partial charge in [-0.1, -0.05) is 18.7 Å². The minimum absolute atomic E-state index is 0.126. The van der Waals surface area contributed by atoms with E-state index < -0.39 is 12.1 Å². The highest BCUT2D eigenvalue weighted by molar-refractivity contribution is 5.88. The molecule has 106 valence electrons. The van der Waals surface area contributed by atoms with E-state index in [-0.39, 0.29) is 18.2 Å². The molecule has 0 heterocycles. The molecule has 1 aliphatic rings. The number of aromatic carboxylic acids is 1. The van der Waals surface area contributed by atoms with Gasteiger partial charge in [-0.25, -0.2) is 9.59 Å². The maximum atomic E-state index is 11.6. The van der Waals surface area contributed by atoms with Gasteiger partial charge < -0.3 is 15.2 Å². The van der Waals surface area contributed by atoms with Crippen molar-refractivity contribution in [3.63, 3.8) is 0 Å². The quantitative estimate of drug-likeness (QED) is 0.828. The number of carbonyl (C=O) groups is 2. The third-order valence-electron chi connectivity index (χ3n) is 3.33. The predicted molar refractivity (Wildman–Crippen MR) is 73.8 cm³/mol. The first-order valence-corrected chi connectivity index (χ1v) is 6.52. The largest absolute Gasteiger partial charge is 0.478 e. The molecule has 20 heavy (non-hydrogen) atoms. The molecule has 5 nitrogen and oxygen atoms in total. The second-order valence-corrected chi connectivity index (χ2v) is 4.70. The molecule has 0 saturated carbocycles. The highest BCUT2D eigenvalue weighted by Crippen LogP contribution is 2.30. The Morgan fingerprint density at radius 2 is 2.30 bits per heavy atom. The summed E-state index contributed by atoms with van der Waals surface area (Å²) >= 11 is 0. The number of ether oxygens (including phenoxy) is 1. The molecule has 0 radical (unpaired) electrons. The van der Waals surface area contributed by atoms with E-state index >= 15 is 0 Å². The van der Waals surface area contributed by atoms with E-state index in [0.717, 1.165) is 30.4 Å². The molecule has 0 saturated heterocycles. The standard InChI is InChI=1S/C15H17NO4/c1-2-8-20-15(19)16-13-5-3-4-10-9-11(14(17)18)6-7-12(10)13/h2,6-7,9,13H,1,3-5,8H2,(H,16,19)(H,17,18). The summed E-state index contributed by atoms with van der Waals surface area (Å²) in [5.41, 5.74) is 2.22. The number of hydrogen-bond acceptors (Lipinski definition) is 3. The molecule has 0 fully saturated rings. The maximum absolute atomic E-state index is 11.6. The number of carboxylic acid groups (broad SMARTS) is 1. The van der Waals surface area contributed by atoms with Crippen LogP contribution in [0.15, 0.2) is 30.9 Å². The van der Waals surface area contributed by atoms with Crippen molar-refractivity contribution in [2.75, 3.05) is 6.61 Å². The lowest BCUT2D eigenvalue weighted by atomic mass is 9.86. The monoisotopic (exact) mass is 275 g/mol. The third-order valence-corrected chi connectivity index (χ3v) is 3.33. The van der Waals surface area contributed by atoms with Gasteiger partial charge in [-0.05, 0) is 42.5 Å². The van der Waals surface area contributed by atoms with Crippen molar-refractivity contribution in [3.8, 4) is 0 Å². The van der Waals surface area contributed by atoms with Crippen molar-refractivity contribution in [2.24, 2.45) is 0 Å². The van der Waals surface area contributed by atoms with Crippen LogP contribution in [0, 0.1) is 0 Å². The summed E-state index contributed by atoms with van der Waals surface area (Å²) in [5.74, 6) is -0.937. The van der Waals surface area contributed by atoms with Crippen LogP contribution in [0.2, 0.25) is 0 Å².